The van der Waals surface area contributed by atoms with Crippen molar-refractivity contribution in [2.75, 3.05) is 7.11 Å². The molecule has 0 saturated heterocycles. The predicted octanol–water partition coefficient (Wildman–Crippen LogP) is 2.70. The molecule has 22 heavy (non-hydrogen) atoms. The van der Waals surface area contributed by atoms with Crippen molar-refractivity contribution in [3.63, 3.8) is 0 Å². The number of hydrogen-bond acceptors (Lipinski definition) is 2. The van der Waals surface area contributed by atoms with Gasteiger partial charge in [0.2, 0.25) is 0 Å². The first-order valence-electron chi connectivity index (χ1n) is 7.22. The standard InChI is InChI=1S/C19H20O2Si/c1-3-15-22(16-14-19(20)21-2,17-10-6-4-7-11-17)18-12-8-5-9-13-18/h3-14,16H,1,15H2,2H3/b16-14+. The van der Waals surface area contributed by atoms with E-state index in [-0.39, 0.29) is 5.97 Å². The molecule has 2 aromatic carbocycles. The molecule has 3 heteroatoms. The van der Waals surface area contributed by atoms with Crippen LogP contribution in [0.2, 0.25) is 6.04 Å². The lowest BCUT2D eigenvalue weighted by molar-refractivity contribution is -0.134. The Morgan fingerprint density at radius 2 is 1.55 bits per heavy atom. The number of carbonyl (C=O) groups is 1. The van der Waals surface area contributed by atoms with E-state index in [2.05, 4.69) is 30.8 Å². The van der Waals surface area contributed by atoms with Gasteiger partial charge in [-0.2, -0.15) is 0 Å². The van der Waals surface area contributed by atoms with Crippen molar-refractivity contribution in [3.05, 3.63) is 85.1 Å². The quantitative estimate of drug-likeness (QED) is 0.355. The Bertz CT molecular complexity index is 608. The zero-order valence-electron chi connectivity index (χ0n) is 12.7. The fraction of sp³-hybridized carbons (Fsp3) is 0.105. The molecule has 0 aliphatic carbocycles. The third-order valence-corrected chi connectivity index (χ3v) is 8.14. The van der Waals surface area contributed by atoms with Crippen LogP contribution in [0, 0.1) is 0 Å². The molecule has 0 heterocycles. The van der Waals surface area contributed by atoms with Gasteiger partial charge in [-0.3, -0.25) is 0 Å². The zero-order valence-corrected chi connectivity index (χ0v) is 13.7. The summed E-state index contributed by atoms with van der Waals surface area (Å²) in [5, 5.41) is 2.50. The molecule has 2 aromatic rings. The maximum Gasteiger partial charge on any atom is 0.329 e. The SMILES string of the molecule is C=CC[Si](/C=C/C(=O)OC)(c1ccccc1)c1ccccc1. The molecule has 0 fully saturated rings. The van der Waals surface area contributed by atoms with Crippen LogP contribution in [-0.2, 0) is 9.53 Å². The number of ether oxygens (including phenoxy) is 1. The summed E-state index contributed by atoms with van der Waals surface area (Å²) < 4.78 is 4.77. The first-order chi connectivity index (χ1) is 10.7. The molecule has 0 bridgehead atoms. The smallest absolute Gasteiger partial charge is 0.329 e. The number of methoxy groups -OCH3 is 1. The molecule has 0 spiro atoms. The number of allylic oxidation sites excluding steroid dienone is 1. The van der Waals surface area contributed by atoms with Gasteiger partial charge in [-0.25, -0.2) is 4.79 Å². The highest BCUT2D eigenvalue weighted by molar-refractivity contribution is 7.06. The Hall–Kier alpha value is -2.39. The van der Waals surface area contributed by atoms with E-state index in [1.165, 1.54) is 17.5 Å². The Kier molecular flexibility index (Phi) is 5.50. The van der Waals surface area contributed by atoms with Crippen molar-refractivity contribution in [1.82, 2.24) is 0 Å². The van der Waals surface area contributed by atoms with Gasteiger partial charge in [-0.15, -0.1) is 6.58 Å². The average Bonchev–Trinajstić information content (AvgIpc) is 2.60. The van der Waals surface area contributed by atoms with E-state index < -0.39 is 8.07 Å². The highest BCUT2D eigenvalue weighted by Crippen LogP contribution is 2.14. The number of hydrogen-bond donors (Lipinski definition) is 0. The molecular weight excluding hydrogens is 288 g/mol. The van der Waals surface area contributed by atoms with Gasteiger partial charge in [-0.05, 0) is 16.4 Å². The van der Waals surface area contributed by atoms with E-state index in [1.807, 2.05) is 48.2 Å². The summed E-state index contributed by atoms with van der Waals surface area (Å²) in [4.78, 5) is 11.6. The van der Waals surface area contributed by atoms with Crippen LogP contribution in [0.4, 0.5) is 0 Å². The summed E-state index contributed by atoms with van der Waals surface area (Å²) >= 11 is 0. The molecule has 2 rings (SSSR count). The third-order valence-electron chi connectivity index (χ3n) is 3.75. The van der Waals surface area contributed by atoms with E-state index >= 15 is 0 Å². The monoisotopic (exact) mass is 308 g/mol. The molecule has 0 N–H and O–H groups in total. The van der Waals surface area contributed by atoms with Crippen molar-refractivity contribution < 1.29 is 9.53 Å². The Balaban J connectivity index is 2.62. The van der Waals surface area contributed by atoms with E-state index in [0.717, 1.165) is 6.04 Å². The second kappa shape index (κ2) is 7.57. The zero-order chi connectivity index (χ0) is 15.8. The summed E-state index contributed by atoms with van der Waals surface area (Å²) in [5.41, 5.74) is 2.05. The van der Waals surface area contributed by atoms with Crippen molar-refractivity contribution in [2.24, 2.45) is 0 Å². The van der Waals surface area contributed by atoms with E-state index in [4.69, 9.17) is 4.74 Å². The van der Waals surface area contributed by atoms with Gasteiger partial charge in [0.15, 0.2) is 0 Å². The van der Waals surface area contributed by atoms with Gasteiger partial charge < -0.3 is 4.74 Å². The second-order valence-corrected chi connectivity index (χ2v) is 8.89. The molecule has 2 nitrogen and oxygen atoms in total. The van der Waals surface area contributed by atoms with E-state index in [9.17, 15) is 4.79 Å². The first kappa shape index (κ1) is 16.0. The van der Waals surface area contributed by atoms with Gasteiger partial charge in [0.1, 0.15) is 8.07 Å². The van der Waals surface area contributed by atoms with Gasteiger partial charge in [0, 0.05) is 6.08 Å². The first-order valence-corrected chi connectivity index (χ1v) is 9.50. The van der Waals surface area contributed by atoms with Crippen molar-refractivity contribution in [1.29, 1.82) is 0 Å². The van der Waals surface area contributed by atoms with Crippen LogP contribution in [0.3, 0.4) is 0 Å². The van der Waals surface area contributed by atoms with Crippen LogP contribution < -0.4 is 10.4 Å². The summed E-state index contributed by atoms with van der Waals surface area (Å²) in [6.07, 6.45) is 3.49. The van der Waals surface area contributed by atoms with Gasteiger partial charge >= 0.3 is 5.97 Å². The molecule has 0 aliphatic heterocycles. The fourth-order valence-corrected chi connectivity index (χ4v) is 6.42. The van der Waals surface area contributed by atoms with Crippen molar-refractivity contribution in [2.45, 2.75) is 6.04 Å². The van der Waals surface area contributed by atoms with Gasteiger partial charge in [0.05, 0.1) is 7.11 Å². The maximum atomic E-state index is 11.6. The molecule has 0 aliphatic rings. The van der Waals surface area contributed by atoms with Crippen LogP contribution in [-0.4, -0.2) is 21.2 Å². The van der Waals surface area contributed by atoms with Gasteiger partial charge in [0.25, 0.3) is 0 Å². The number of benzene rings is 2. The number of carbonyl (C=O) groups excluding carboxylic acids is 1. The third kappa shape index (κ3) is 3.43. The highest BCUT2D eigenvalue weighted by atomic mass is 28.3. The molecule has 0 atom stereocenters. The van der Waals surface area contributed by atoms with Crippen LogP contribution in [0.25, 0.3) is 0 Å². The average molecular weight is 308 g/mol. The normalized spacial score (nSPS) is 11.3. The highest BCUT2D eigenvalue weighted by Gasteiger charge is 2.33. The van der Waals surface area contributed by atoms with Gasteiger partial charge in [-0.1, -0.05) is 72.4 Å². The summed E-state index contributed by atoms with van der Waals surface area (Å²) in [5.74, 6) is -0.326. The predicted molar refractivity (Wildman–Crippen MR) is 94.1 cm³/mol. The lowest BCUT2D eigenvalue weighted by atomic mass is 10.4. The van der Waals surface area contributed by atoms with Crippen LogP contribution in [0.1, 0.15) is 0 Å². The number of rotatable bonds is 6. The van der Waals surface area contributed by atoms with Crippen LogP contribution in [0.5, 0.6) is 0 Å². The summed E-state index contributed by atoms with van der Waals surface area (Å²) in [6.45, 7) is 3.93. The maximum absolute atomic E-state index is 11.6. The van der Waals surface area contributed by atoms with Crippen LogP contribution >= 0.6 is 0 Å². The van der Waals surface area contributed by atoms with Crippen LogP contribution in [0.15, 0.2) is 85.1 Å². The van der Waals surface area contributed by atoms with E-state index in [1.54, 1.807) is 6.08 Å². The second-order valence-electron chi connectivity index (χ2n) is 5.05. The minimum absolute atomic E-state index is 0.326. The fourth-order valence-electron chi connectivity index (χ4n) is 2.64. The molecule has 0 amide bonds. The minimum Gasteiger partial charge on any atom is -0.466 e. The number of esters is 1. The Morgan fingerprint density at radius 3 is 1.95 bits per heavy atom. The lowest BCUT2D eigenvalue weighted by Gasteiger charge is -2.28. The molecule has 0 aromatic heterocycles. The van der Waals surface area contributed by atoms with Crippen molar-refractivity contribution >= 4 is 24.4 Å². The molecule has 0 unspecified atom stereocenters. The minimum atomic E-state index is -2.23. The summed E-state index contributed by atoms with van der Waals surface area (Å²) in [6, 6.07) is 21.5. The largest absolute Gasteiger partial charge is 0.466 e. The topological polar surface area (TPSA) is 26.3 Å². The summed E-state index contributed by atoms with van der Waals surface area (Å²) in [7, 11) is -0.829. The molecule has 0 saturated carbocycles. The molecule has 0 radical (unpaired) electrons. The lowest BCUT2D eigenvalue weighted by Crippen LogP contribution is -2.56. The Morgan fingerprint density at radius 1 is 1.05 bits per heavy atom. The molecular formula is C19H20O2Si. The molecule has 112 valence electrons. The van der Waals surface area contributed by atoms with Crippen molar-refractivity contribution in [3.8, 4) is 0 Å². The Labute approximate surface area is 132 Å². The van der Waals surface area contributed by atoms with E-state index in [0.29, 0.717) is 0 Å².